The number of carbonyl (C=O) groups excluding carboxylic acids is 1. The Morgan fingerprint density at radius 2 is 2.50 bits per heavy atom. The lowest BCUT2D eigenvalue weighted by molar-refractivity contribution is 0.0737. The number of thiazole rings is 1. The van der Waals surface area contributed by atoms with E-state index in [0.29, 0.717) is 11.3 Å². The highest BCUT2D eigenvalue weighted by molar-refractivity contribution is 7.11. The van der Waals surface area contributed by atoms with Crippen molar-refractivity contribution in [2.24, 2.45) is 0 Å². The van der Waals surface area contributed by atoms with Crippen LogP contribution >= 0.6 is 11.3 Å². The summed E-state index contributed by atoms with van der Waals surface area (Å²) < 4.78 is 0. The Morgan fingerprint density at radius 1 is 1.60 bits per heavy atom. The van der Waals surface area contributed by atoms with Crippen molar-refractivity contribution in [3.05, 3.63) is 34.0 Å². The molecule has 0 unspecified atom stereocenters. The number of rotatable bonds is 4. The van der Waals surface area contributed by atoms with Gasteiger partial charge in [0.15, 0.2) is 0 Å². The van der Waals surface area contributed by atoms with Crippen LogP contribution in [-0.2, 0) is 6.42 Å². The quantitative estimate of drug-likeness (QED) is 0.892. The van der Waals surface area contributed by atoms with Gasteiger partial charge in [0.2, 0.25) is 0 Å². The van der Waals surface area contributed by atoms with Crippen LogP contribution in [0.3, 0.4) is 0 Å². The number of nitrogens with one attached hydrogen (secondary N) is 1. The standard InChI is InChI=1S/C13H16N4O2S/c18-5-3-9-6-10(16-15-9)11-2-1-4-17(11)13(19)12-7-14-8-20-12/h6-8,11,18H,1-5H2,(H,15,16)/t11-/m0/s1. The molecule has 0 aliphatic carbocycles. The smallest absolute Gasteiger partial charge is 0.266 e. The van der Waals surface area contributed by atoms with Crippen LogP contribution in [0.5, 0.6) is 0 Å². The molecule has 3 heterocycles. The molecule has 0 radical (unpaired) electrons. The maximum absolute atomic E-state index is 12.4. The molecule has 2 aromatic heterocycles. The van der Waals surface area contributed by atoms with Crippen LogP contribution in [0.2, 0.25) is 0 Å². The van der Waals surface area contributed by atoms with E-state index in [4.69, 9.17) is 5.11 Å². The van der Waals surface area contributed by atoms with E-state index in [0.717, 1.165) is 30.8 Å². The van der Waals surface area contributed by atoms with Gasteiger partial charge in [-0.05, 0) is 18.9 Å². The highest BCUT2D eigenvalue weighted by Gasteiger charge is 2.32. The summed E-state index contributed by atoms with van der Waals surface area (Å²) in [5, 5.41) is 16.2. The van der Waals surface area contributed by atoms with Gasteiger partial charge >= 0.3 is 0 Å². The second-order valence-electron chi connectivity index (χ2n) is 4.81. The van der Waals surface area contributed by atoms with Crippen LogP contribution in [-0.4, -0.2) is 44.2 Å². The van der Waals surface area contributed by atoms with Gasteiger partial charge in [0.25, 0.3) is 5.91 Å². The van der Waals surface area contributed by atoms with Crippen LogP contribution in [0.15, 0.2) is 17.8 Å². The SMILES string of the molecule is O=C(c1cncs1)N1CCC[C@H]1c1cc(CCO)[nH]n1. The Labute approximate surface area is 120 Å². The molecule has 106 valence electrons. The fourth-order valence-corrected chi connectivity index (χ4v) is 3.15. The van der Waals surface area contributed by atoms with Gasteiger partial charge in [0.05, 0.1) is 23.4 Å². The third-order valence-corrected chi connectivity index (χ3v) is 4.29. The summed E-state index contributed by atoms with van der Waals surface area (Å²) in [7, 11) is 0. The minimum absolute atomic E-state index is 0.0216. The number of nitrogens with zero attached hydrogens (tertiary/aromatic N) is 3. The molecule has 6 nitrogen and oxygen atoms in total. The number of aliphatic hydroxyl groups excluding tert-OH is 1. The number of H-pyrrole nitrogens is 1. The topological polar surface area (TPSA) is 82.1 Å². The van der Waals surface area contributed by atoms with Gasteiger partial charge in [-0.2, -0.15) is 5.10 Å². The first kappa shape index (κ1) is 13.3. The van der Waals surface area contributed by atoms with Gasteiger partial charge in [0.1, 0.15) is 4.88 Å². The Bertz CT molecular complexity index is 581. The normalized spacial score (nSPS) is 18.6. The molecule has 0 bridgehead atoms. The zero-order valence-corrected chi connectivity index (χ0v) is 11.8. The molecule has 1 aliphatic rings. The van der Waals surface area contributed by atoms with Crippen LogP contribution in [0.1, 0.15) is 39.9 Å². The van der Waals surface area contributed by atoms with Crippen LogP contribution in [0.4, 0.5) is 0 Å². The van der Waals surface area contributed by atoms with E-state index in [1.165, 1.54) is 11.3 Å². The number of aromatic amines is 1. The highest BCUT2D eigenvalue weighted by Crippen LogP contribution is 2.32. The van der Waals surface area contributed by atoms with E-state index >= 15 is 0 Å². The average molecular weight is 292 g/mol. The minimum atomic E-state index is 0.0216. The lowest BCUT2D eigenvalue weighted by Gasteiger charge is -2.22. The maximum atomic E-state index is 12.4. The third kappa shape index (κ3) is 2.46. The lowest BCUT2D eigenvalue weighted by atomic mass is 10.1. The van der Waals surface area contributed by atoms with Crippen molar-refractivity contribution in [2.45, 2.75) is 25.3 Å². The van der Waals surface area contributed by atoms with Crippen molar-refractivity contribution in [2.75, 3.05) is 13.2 Å². The molecule has 1 aliphatic heterocycles. The number of hydrogen-bond donors (Lipinski definition) is 2. The predicted molar refractivity (Wildman–Crippen MR) is 74.5 cm³/mol. The molecule has 2 N–H and O–H groups in total. The van der Waals surface area contributed by atoms with Crippen molar-refractivity contribution in [1.29, 1.82) is 0 Å². The molecule has 1 atom stereocenters. The average Bonchev–Trinajstić information content (AvgIpc) is 3.19. The molecular weight excluding hydrogens is 276 g/mol. The zero-order valence-electron chi connectivity index (χ0n) is 11.0. The van der Waals surface area contributed by atoms with Crippen molar-refractivity contribution in [3.63, 3.8) is 0 Å². The van der Waals surface area contributed by atoms with Crippen molar-refractivity contribution >= 4 is 17.2 Å². The van der Waals surface area contributed by atoms with E-state index in [9.17, 15) is 4.79 Å². The van der Waals surface area contributed by atoms with E-state index in [1.54, 1.807) is 11.7 Å². The summed E-state index contributed by atoms with van der Waals surface area (Å²) in [6.07, 6.45) is 4.08. The van der Waals surface area contributed by atoms with Gasteiger partial charge < -0.3 is 10.0 Å². The molecule has 7 heteroatoms. The van der Waals surface area contributed by atoms with Gasteiger partial charge in [0, 0.05) is 25.3 Å². The molecule has 20 heavy (non-hydrogen) atoms. The molecule has 1 fully saturated rings. The Hall–Kier alpha value is -1.73. The third-order valence-electron chi connectivity index (χ3n) is 3.53. The molecule has 2 aromatic rings. The number of likely N-dealkylation sites (tertiary alicyclic amines) is 1. The van der Waals surface area contributed by atoms with E-state index in [1.807, 2.05) is 11.0 Å². The fourth-order valence-electron chi connectivity index (χ4n) is 2.58. The largest absolute Gasteiger partial charge is 0.396 e. The number of aromatic nitrogens is 3. The Kier molecular flexibility index (Phi) is 3.79. The summed E-state index contributed by atoms with van der Waals surface area (Å²) in [4.78, 5) is 18.9. The number of carbonyl (C=O) groups is 1. The van der Waals surface area contributed by atoms with Crippen LogP contribution in [0, 0.1) is 0 Å². The second-order valence-corrected chi connectivity index (χ2v) is 5.70. The highest BCUT2D eigenvalue weighted by atomic mass is 32.1. The first-order valence-corrected chi connectivity index (χ1v) is 7.52. The van der Waals surface area contributed by atoms with Gasteiger partial charge in [-0.25, -0.2) is 0 Å². The van der Waals surface area contributed by atoms with Crippen LogP contribution < -0.4 is 0 Å². The molecule has 0 spiro atoms. The minimum Gasteiger partial charge on any atom is -0.396 e. The molecular formula is C13H16N4O2S. The van der Waals surface area contributed by atoms with Gasteiger partial charge in [-0.3, -0.25) is 14.9 Å². The lowest BCUT2D eigenvalue weighted by Crippen LogP contribution is -2.30. The second kappa shape index (κ2) is 5.72. The number of amides is 1. The van der Waals surface area contributed by atoms with Gasteiger partial charge in [-0.15, -0.1) is 11.3 Å². The first-order chi connectivity index (χ1) is 9.79. The Morgan fingerprint density at radius 3 is 3.25 bits per heavy atom. The fraction of sp³-hybridized carbons (Fsp3) is 0.462. The summed E-state index contributed by atoms with van der Waals surface area (Å²) in [6.45, 7) is 0.847. The van der Waals surface area contributed by atoms with Crippen molar-refractivity contribution in [3.8, 4) is 0 Å². The van der Waals surface area contributed by atoms with E-state index in [2.05, 4.69) is 15.2 Å². The molecule has 1 saturated heterocycles. The summed E-state index contributed by atoms with van der Waals surface area (Å²) >= 11 is 1.36. The van der Waals surface area contributed by atoms with Crippen molar-refractivity contribution < 1.29 is 9.90 Å². The zero-order chi connectivity index (χ0) is 13.9. The monoisotopic (exact) mass is 292 g/mol. The first-order valence-electron chi connectivity index (χ1n) is 6.64. The molecule has 0 saturated carbocycles. The van der Waals surface area contributed by atoms with E-state index < -0.39 is 0 Å². The Balaban J connectivity index is 1.79. The summed E-state index contributed by atoms with van der Waals surface area (Å²) in [5.74, 6) is 0.0294. The summed E-state index contributed by atoms with van der Waals surface area (Å²) in [6, 6.07) is 1.97. The van der Waals surface area contributed by atoms with Gasteiger partial charge in [-0.1, -0.05) is 0 Å². The number of hydrogen-bond acceptors (Lipinski definition) is 5. The number of aliphatic hydroxyl groups is 1. The predicted octanol–water partition coefficient (Wildman–Crippen LogP) is 1.38. The molecule has 0 aromatic carbocycles. The maximum Gasteiger partial charge on any atom is 0.266 e. The molecule has 1 amide bonds. The van der Waals surface area contributed by atoms with E-state index in [-0.39, 0.29) is 18.6 Å². The molecule has 3 rings (SSSR count). The van der Waals surface area contributed by atoms with Crippen molar-refractivity contribution in [1.82, 2.24) is 20.1 Å². The van der Waals surface area contributed by atoms with Crippen LogP contribution in [0.25, 0.3) is 0 Å². The summed E-state index contributed by atoms with van der Waals surface area (Å²) in [5.41, 5.74) is 3.45.